The standard InChI is InChI=1S/C16H27NO/c1-3-5-14(4-2)15-6-8-16(9-7-15)17-10-12-18-13-11-17/h6,8,14H,3-5,7,9-13H2,1-2H3. The van der Waals surface area contributed by atoms with Crippen LogP contribution in [0.3, 0.4) is 0 Å². The molecule has 1 unspecified atom stereocenters. The Kier molecular flexibility index (Phi) is 5.30. The van der Waals surface area contributed by atoms with Crippen LogP contribution in [0.25, 0.3) is 0 Å². The van der Waals surface area contributed by atoms with Crippen molar-refractivity contribution in [3.8, 4) is 0 Å². The van der Waals surface area contributed by atoms with Crippen molar-refractivity contribution in [3.63, 3.8) is 0 Å². The predicted molar refractivity (Wildman–Crippen MR) is 76.5 cm³/mol. The summed E-state index contributed by atoms with van der Waals surface area (Å²) in [6, 6.07) is 0. The smallest absolute Gasteiger partial charge is 0.0642 e. The Labute approximate surface area is 112 Å². The number of allylic oxidation sites excluding steroid dienone is 4. The summed E-state index contributed by atoms with van der Waals surface area (Å²) in [5.74, 6) is 0.817. The molecule has 0 amide bonds. The fraction of sp³-hybridized carbons (Fsp3) is 0.750. The van der Waals surface area contributed by atoms with Gasteiger partial charge in [0.05, 0.1) is 13.2 Å². The molecule has 1 aliphatic heterocycles. The maximum Gasteiger partial charge on any atom is 0.0642 e. The molecule has 18 heavy (non-hydrogen) atoms. The van der Waals surface area contributed by atoms with Gasteiger partial charge in [0.1, 0.15) is 0 Å². The summed E-state index contributed by atoms with van der Waals surface area (Å²) in [6.07, 6.45) is 11.2. The summed E-state index contributed by atoms with van der Waals surface area (Å²) >= 11 is 0. The molecule has 0 N–H and O–H groups in total. The van der Waals surface area contributed by atoms with Crippen molar-refractivity contribution in [2.45, 2.75) is 46.0 Å². The molecule has 2 heteroatoms. The highest BCUT2D eigenvalue weighted by molar-refractivity contribution is 5.25. The van der Waals surface area contributed by atoms with Gasteiger partial charge in [-0.25, -0.2) is 0 Å². The Morgan fingerprint density at radius 1 is 1.17 bits per heavy atom. The Bertz CT molecular complexity index is 292. The fourth-order valence-corrected chi connectivity index (χ4v) is 3.10. The van der Waals surface area contributed by atoms with Crippen molar-refractivity contribution >= 4 is 0 Å². The van der Waals surface area contributed by atoms with Crippen LogP contribution in [0.4, 0.5) is 0 Å². The first-order valence-electron chi connectivity index (χ1n) is 7.57. The van der Waals surface area contributed by atoms with Crippen molar-refractivity contribution in [2.24, 2.45) is 5.92 Å². The van der Waals surface area contributed by atoms with Crippen LogP contribution < -0.4 is 0 Å². The van der Waals surface area contributed by atoms with E-state index in [1.165, 1.54) is 37.8 Å². The minimum Gasteiger partial charge on any atom is -0.378 e. The van der Waals surface area contributed by atoms with Crippen LogP contribution in [-0.2, 0) is 4.74 Å². The van der Waals surface area contributed by atoms with Crippen LogP contribution in [0, 0.1) is 5.92 Å². The molecule has 1 atom stereocenters. The zero-order chi connectivity index (χ0) is 12.8. The molecule has 0 aromatic rings. The van der Waals surface area contributed by atoms with Gasteiger partial charge in [0, 0.05) is 18.8 Å². The SMILES string of the molecule is CCCC(CC)C1=CC=C(N2CCOCC2)CC1. The first kappa shape index (κ1) is 13.7. The summed E-state index contributed by atoms with van der Waals surface area (Å²) in [7, 11) is 0. The molecule has 2 nitrogen and oxygen atoms in total. The van der Waals surface area contributed by atoms with E-state index in [1.807, 2.05) is 0 Å². The van der Waals surface area contributed by atoms with Gasteiger partial charge in [0.15, 0.2) is 0 Å². The highest BCUT2D eigenvalue weighted by atomic mass is 16.5. The van der Waals surface area contributed by atoms with Gasteiger partial charge in [0.25, 0.3) is 0 Å². The number of nitrogens with zero attached hydrogens (tertiary/aromatic N) is 1. The van der Waals surface area contributed by atoms with E-state index in [9.17, 15) is 0 Å². The molecule has 0 bridgehead atoms. The molecular formula is C16H27NO. The lowest BCUT2D eigenvalue weighted by molar-refractivity contribution is 0.0519. The van der Waals surface area contributed by atoms with Crippen molar-refractivity contribution in [1.82, 2.24) is 4.90 Å². The van der Waals surface area contributed by atoms with Crippen LogP contribution in [0.15, 0.2) is 23.4 Å². The average Bonchev–Trinajstić information content (AvgIpc) is 2.46. The lowest BCUT2D eigenvalue weighted by Crippen LogP contribution is -2.36. The maximum atomic E-state index is 5.41. The summed E-state index contributed by atoms with van der Waals surface area (Å²) in [6.45, 7) is 8.54. The van der Waals surface area contributed by atoms with Gasteiger partial charge in [-0.2, -0.15) is 0 Å². The van der Waals surface area contributed by atoms with Crippen molar-refractivity contribution in [3.05, 3.63) is 23.4 Å². The molecule has 1 saturated heterocycles. The third-order valence-electron chi connectivity index (χ3n) is 4.23. The van der Waals surface area contributed by atoms with Gasteiger partial charge in [-0.3, -0.25) is 0 Å². The second kappa shape index (κ2) is 6.98. The number of hydrogen-bond donors (Lipinski definition) is 0. The van der Waals surface area contributed by atoms with Crippen LogP contribution in [0.5, 0.6) is 0 Å². The summed E-state index contributed by atoms with van der Waals surface area (Å²) in [5, 5.41) is 0. The molecule has 1 fully saturated rings. The summed E-state index contributed by atoms with van der Waals surface area (Å²) in [4.78, 5) is 2.50. The second-order valence-electron chi connectivity index (χ2n) is 5.39. The molecule has 0 saturated carbocycles. The largest absolute Gasteiger partial charge is 0.378 e. The minimum atomic E-state index is 0.817. The van der Waals surface area contributed by atoms with Gasteiger partial charge in [-0.15, -0.1) is 0 Å². The quantitative estimate of drug-likeness (QED) is 0.736. The highest BCUT2D eigenvalue weighted by Gasteiger charge is 2.18. The third kappa shape index (κ3) is 3.38. The van der Waals surface area contributed by atoms with E-state index in [0.29, 0.717) is 0 Å². The molecular weight excluding hydrogens is 222 g/mol. The fourth-order valence-electron chi connectivity index (χ4n) is 3.10. The minimum absolute atomic E-state index is 0.817. The second-order valence-corrected chi connectivity index (χ2v) is 5.39. The van der Waals surface area contributed by atoms with Gasteiger partial charge in [-0.05, 0) is 37.7 Å². The van der Waals surface area contributed by atoms with Crippen molar-refractivity contribution in [2.75, 3.05) is 26.3 Å². The topological polar surface area (TPSA) is 12.5 Å². The third-order valence-corrected chi connectivity index (χ3v) is 4.23. The first-order valence-corrected chi connectivity index (χ1v) is 7.57. The Morgan fingerprint density at radius 2 is 1.94 bits per heavy atom. The average molecular weight is 249 g/mol. The first-order chi connectivity index (χ1) is 8.85. The van der Waals surface area contributed by atoms with E-state index in [2.05, 4.69) is 30.9 Å². The Morgan fingerprint density at radius 3 is 2.50 bits per heavy atom. The Balaban J connectivity index is 1.97. The number of ether oxygens (including phenoxy) is 1. The molecule has 0 aromatic heterocycles. The maximum absolute atomic E-state index is 5.41. The summed E-state index contributed by atoms with van der Waals surface area (Å²) < 4.78 is 5.41. The van der Waals surface area contributed by atoms with E-state index in [-0.39, 0.29) is 0 Å². The normalized spacial score (nSPS) is 22.4. The summed E-state index contributed by atoms with van der Waals surface area (Å²) in [5.41, 5.74) is 3.20. The number of morpholine rings is 1. The number of hydrogen-bond acceptors (Lipinski definition) is 2. The highest BCUT2D eigenvalue weighted by Crippen LogP contribution is 2.30. The van der Waals surface area contributed by atoms with Gasteiger partial charge >= 0.3 is 0 Å². The van der Waals surface area contributed by atoms with Crippen molar-refractivity contribution in [1.29, 1.82) is 0 Å². The van der Waals surface area contributed by atoms with E-state index in [4.69, 9.17) is 4.74 Å². The molecule has 0 radical (unpaired) electrons. The van der Waals surface area contributed by atoms with E-state index < -0.39 is 0 Å². The van der Waals surface area contributed by atoms with E-state index in [1.54, 1.807) is 5.57 Å². The molecule has 0 spiro atoms. The van der Waals surface area contributed by atoms with Gasteiger partial charge < -0.3 is 9.64 Å². The molecule has 0 aromatic carbocycles. The van der Waals surface area contributed by atoms with Gasteiger partial charge in [0.2, 0.25) is 0 Å². The Hall–Kier alpha value is -0.760. The predicted octanol–water partition coefficient (Wildman–Crippen LogP) is 3.75. The number of rotatable bonds is 5. The molecule has 2 aliphatic rings. The van der Waals surface area contributed by atoms with E-state index in [0.717, 1.165) is 32.2 Å². The van der Waals surface area contributed by atoms with E-state index >= 15 is 0 Å². The molecule has 102 valence electrons. The lowest BCUT2D eigenvalue weighted by Gasteiger charge is -2.33. The van der Waals surface area contributed by atoms with Crippen molar-refractivity contribution < 1.29 is 4.74 Å². The zero-order valence-corrected chi connectivity index (χ0v) is 12.0. The van der Waals surface area contributed by atoms with Crippen LogP contribution in [-0.4, -0.2) is 31.2 Å². The lowest BCUT2D eigenvalue weighted by atomic mass is 9.86. The molecule has 1 aliphatic carbocycles. The molecule has 1 heterocycles. The van der Waals surface area contributed by atoms with Crippen LogP contribution >= 0.6 is 0 Å². The molecule has 2 rings (SSSR count). The van der Waals surface area contributed by atoms with Crippen LogP contribution in [0.2, 0.25) is 0 Å². The van der Waals surface area contributed by atoms with Crippen LogP contribution in [0.1, 0.15) is 46.0 Å². The van der Waals surface area contributed by atoms with Gasteiger partial charge in [-0.1, -0.05) is 31.9 Å². The zero-order valence-electron chi connectivity index (χ0n) is 12.0. The monoisotopic (exact) mass is 249 g/mol.